The van der Waals surface area contributed by atoms with E-state index in [1.165, 1.54) is 13.2 Å². The van der Waals surface area contributed by atoms with Crippen LogP contribution in [0.4, 0.5) is 13.2 Å². The van der Waals surface area contributed by atoms with E-state index in [0.717, 1.165) is 18.0 Å². The molecule has 1 rings (SSSR count). The zero-order valence-electron chi connectivity index (χ0n) is 14.5. The van der Waals surface area contributed by atoms with Crippen LogP contribution < -0.4 is 0 Å². The molecule has 0 radical (unpaired) electrons. The first kappa shape index (κ1) is 21.3. The van der Waals surface area contributed by atoms with Gasteiger partial charge in [0.15, 0.2) is 5.82 Å². The van der Waals surface area contributed by atoms with Crippen molar-refractivity contribution in [3.63, 3.8) is 0 Å². The Hall–Kier alpha value is -1.77. The van der Waals surface area contributed by atoms with Gasteiger partial charge in [-0.2, -0.15) is 13.2 Å². The number of rotatable bonds is 9. The fourth-order valence-electron chi connectivity index (χ4n) is 2.15. The molecule has 140 valence electrons. The molecule has 0 saturated carbocycles. The third kappa shape index (κ3) is 6.93. The molecule has 0 aliphatic rings. The molecule has 3 unspecified atom stereocenters. The van der Waals surface area contributed by atoms with Crippen molar-refractivity contribution in [3.05, 3.63) is 48.1 Å². The first-order valence-electron chi connectivity index (χ1n) is 7.65. The molecule has 0 aliphatic carbocycles. The summed E-state index contributed by atoms with van der Waals surface area (Å²) >= 11 is 0. The first-order valence-corrected chi connectivity index (χ1v) is 7.65. The fourth-order valence-corrected chi connectivity index (χ4v) is 2.15. The largest absolute Gasteiger partial charge is 0.419 e. The van der Waals surface area contributed by atoms with Gasteiger partial charge in [-0.1, -0.05) is 24.6 Å². The van der Waals surface area contributed by atoms with E-state index in [1.807, 2.05) is 19.9 Å². The lowest BCUT2D eigenvalue weighted by atomic mass is 9.97. The van der Waals surface area contributed by atoms with Crippen LogP contribution in [-0.4, -0.2) is 41.0 Å². The van der Waals surface area contributed by atoms with E-state index in [-0.39, 0.29) is 25.0 Å². The Morgan fingerprint density at radius 1 is 1.36 bits per heavy atom. The van der Waals surface area contributed by atoms with E-state index in [4.69, 9.17) is 9.47 Å². The standard InChI is InChI=1S/C17H23F3N2O3/c1-5-14(24-4)16(23)12(3)6-11(2)9-25-10-15-21-7-13(8-22-15)17(18,19)20/h5-8,12,14,16,23H,1,9-10H2,2-4H3. The molecular weight excluding hydrogens is 337 g/mol. The van der Waals surface area contributed by atoms with Crippen LogP contribution in [-0.2, 0) is 22.3 Å². The van der Waals surface area contributed by atoms with Crippen molar-refractivity contribution < 1.29 is 27.8 Å². The van der Waals surface area contributed by atoms with E-state index in [1.54, 1.807) is 0 Å². The molecular formula is C17H23F3N2O3. The summed E-state index contributed by atoms with van der Waals surface area (Å²) in [6, 6.07) is 0. The molecule has 0 aliphatic heterocycles. The maximum absolute atomic E-state index is 12.4. The van der Waals surface area contributed by atoms with Crippen molar-refractivity contribution in [2.45, 2.75) is 38.8 Å². The van der Waals surface area contributed by atoms with Crippen LogP contribution in [0.15, 0.2) is 36.7 Å². The molecule has 8 heteroatoms. The summed E-state index contributed by atoms with van der Waals surface area (Å²) in [6.07, 6.45) is -0.839. The summed E-state index contributed by atoms with van der Waals surface area (Å²) < 4.78 is 47.8. The number of ether oxygens (including phenoxy) is 2. The minimum atomic E-state index is -4.46. The Morgan fingerprint density at radius 3 is 2.44 bits per heavy atom. The number of aromatic nitrogens is 2. The number of methoxy groups -OCH3 is 1. The van der Waals surface area contributed by atoms with Gasteiger partial charge in [-0.15, -0.1) is 6.58 Å². The Kier molecular flexibility index (Phi) is 8.21. The Morgan fingerprint density at radius 2 is 1.96 bits per heavy atom. The lowest BCUT2D eigenvalue weighted by Crippen LogP contribution is -2.31. The summed E-state index contributed by atoms with van der Waals surface area (Å²) in [5.74, 6) is -0.0196. The number of aliphatic hydroxyl groups is 1. The molecule has 1 heterocycles. The highest BCUT2D eigenvalue weighted by Gasteiger charge is 2.31. The van der Waals surface area contributed by atoms with Gasteiger partial charge in [0, 0.05) is 25.4 Å². The number of hydrogen-bond donors (Lipinski definition) is 1. The molecule has 0 aromatic carbocycles. The second-order valence-electron chi connectivity index (χ2n) is 5.68. The van der Waals surface area contributed by atoms with Crippen LogP contribution >= 0.6 is 0 Å². The monoisotopic (exact) mass is 360 g/mol. The maximum atomic E-state index is 12.4. The SMILES string of the molecule is C=CC(OC)C(O)C(C)C=C(C)COCc1ncc(C(F)(F)F)cn1. The molecule has 0 spiro atoms. The smallest absolute Gasteiger partial charge is 0.389 e. The third-order valence-electron chi connectivity index (χ3n) is 3.52. The zero-order chi connectivity index (χ0) is 19.0. The summed E-state index contributed by atoms with van der Waals surface area (Å²) in [5.41, 5.74) is -0.0394. The average molecular weight is 360 g/mol. The van der Waals surface area contributed by atoms with Crippen molar-refractivity contribution in [1.82, 2.24) is 9.97 Å². The molecule has 0 amide bonds. The minimum Gasteiger partial charge on any atom is -0.389 e. The van der Waals surface area contributed by atoms with E-state index in [2.05, 4.69) is 16.5 Å². The van der Waals surface area contributed by atoms with Crippen LogP contribution in [0.3, 0.4) is 0 Å². The van der Waals surface area contributed by atoms with E-state index in [0.29, 0.717) is 0 Å². The van der Waals surface area contributed by atoms with E-state index >= 15 is 0 Å². The zero-order valence-corrected chi connectivity index (χ0v) is 14.5. The van der Waals surface area contributed by atoms with Gasteiger partial charge in [-0.3, -0.25) is 0 Å². The molecule has 1 aromatic heterocycles. The van der Waals surface area contributed by atoms with Crippen LogP contribution in [0.2, 0.25) is 0 Å². The Labute approximate surface area is 145 Å². The highest BCUT2D eigenvalue weighted by atomic mass is 19.4. The molecule has 25 heavy (non-hydrogen) atoms. The Bertz CT molecular complexity index is 573. The molecule has 3 atom stereocenters. The van der Waals surface area contributed by atoms with E-state index in [9.17, 15) is 18.3 Å². The van der Waals surface area contributed by atoms with E-state index < -0.39 is 23.9 Å². The summed E-state index contributed by atoms with van der Waals surface area (Å²) in [6.45, 7) is 7.50. The predicted molar refractivity (Wildman–Crippen MR) is 86.6 cm³/mol. The van der Waals surface area contributed by atoms with Crippen LogP contribution in [0.25, 0.3) is 0 Å². The normalized spacial score (nSPS) is 16.4. The number of alkyl halides is 3. The molecule has 5 nitrogen and oxygen atoms in total. The Balaban J connectivity index is 2.50. The first-order chi connectivity index (χ1) is 11.7. The van der Waals surface area contributed by atoms with Crippen molar-refractivity contribution in [3.8, 4) is 0 Å². The van der Waals surface area contributed by atoms with Gasteiger partial charge in [0.25, 0.3) is 0 Å². The number of hydrogen-bond acceptors (Lipinski definition) is 5. The van der Waals surface area contributed by atoms with Gasteiger partial charge in [-0.25, -0.2) is 9.97 Å². The lowest BCUT2D eigenvalue weighted by molar-refractivity contribution is -0.138. The molecule has 0 saturated heterocycles. The lowest BCUT2D eigenvalue weighted by Gasteiger charge is -2.22. The van der Waals surface area contributed by atoms with Crippen LogP contribution in [0.1, 0.15) is 25.2 Å². The van der Waals surface area contributed by atoms with Crippen molar-refractivity contribution in [2.24, 2.45) is 5.92 Å². The van der Waals surface area contributed by atoms with Crippen LogP contribution in [0, 0.1) is 5.92 Å². The molecule has 1 aromatic rings. The van der Waals surface area contributed by atoms with Gasteiger partial charge >= 0.3 is 6.18 Å². The van der Waals surface area contributed by atoms with Gasteiger partial charge in [0.05, 0.1) is 18.3 Å². The second kappa shape index (κ2) is 9.65. The molecule has 0 fully saturated rings. The predicted octanol–water partition coefficient (Wildman–Crippen LogP) is 3.16. The summed E-state index contributed by atoms with van der Waals surface area (Å²) in [5, 5.41) is 10.1. The van der Waals surface area contributed by atoms with Gasteiger partial charge in [0.2, 0.25) is 0 Å². The van der Waals surface area contributed by atoms with Gasteiger partial charge in [-0.05, 0) is 6.92 Å². The third-order valence-corrected chi connectivity index (χ3v) is 3.52. The highest BCUT2D eigenvalue weighted by Crippen LogP contribution is 2.27. The van der Waals surface area contributed by atoms with Gasteiger partial charge in [0.1, 0.15) is 12.7 Å². The van der Waals surface area contributed by atoms with Gasteiger partial charge < -0.3 is 14.6 Å². The topological polar surface area (TPSA) is 64.5 Å². The van der Waals surface area contributed by atoms with Crippen molar-refractivity contribution >= 4 is 0 Å². The van der Waals surface area contributed by atoms with Crippen LogP contribution in [0.5, 0.6) is 0 Å². The minimum absolute atomic E-state index is 0.00634. The maximum Gasteiger partial charge on any atom is 0.419 e. The number of aliphatic hydroxyl groups excluding tert-OH is 1. The fraction of sp³-hybridized carbons (Fsp3) is 0.529. The highest BCUT2D eigenvalue weighted by molar-refractivity contribution is 5.09. The molecule has 0 bridgehead atoms. The summed E-state index contributed by atoms with van der Waals surface area (Å²) in [7, 11) is 1.49. The molecule has 1 N–H and O–H groups in total. The van der Waals surface area contributed by atoms with Crippen molar-refractivity contribution in [2.75, 3.05) is 13.7 Å². The second-order valence-corrected chi connectivity index (χ2v) is 5.68. The quantitative estimate of drug-likeness (QED) is 0.686. The number of halogens is 3. The average Bonchev–Trinajstić information content (AvgIpc) is 2.55. The number of nitrogens with zero attached hydrogens (tertiary/aromatic N) is 2. The summed E-state index contributed by atoms with van der Waals surface area (Å²) in [4.78, 5) is 7.27. The van der Waals surface area contributed by atoms with Crippen molar-refractivity contribution in [1.29, 1.82) is 0 Å².